The molecule has 1 heterocycles. The van der Waals surface area contributed by atoms with Gasteiger partial charge in [-0.1, -0.05) is 37.6 Å². The highest BCUT2D eigenvalue weighted by Crippen LogP contribution is 2.38. The number of hydrogen-bond donors (Lipinski definition) is 1. The molecule has 0 bridgehead atoms. The number of nitrogens with one attached hydrogen (secondary N) is 1. The van der Waals surface area contributed by atoms with Crippen LogP contribution in [0.3, 0.4) is 0 Å². The van der Waals surface area contributed by atoms with Gasteiger partial charge >= 0.3 is 0 Å². The van der Waals surface area contributed by atoms with Crippen LogP contribution in [0, 0.1) is 13.8 Å². The lowest BCUT2D eigenvalue weighted by Gasteiger charge is -2.19. The summed E-state index contributed by atoms with van der Waals surface area (Å²) in [4.78, 5) is 15.2. The van der Waals surface area contributed by atoms with Crippen LogP contribution in [0.2, 0.25) is 0 Å². The fraction of sp³-hybridized carbons (Fsp3) is 0.452. The van der Waals surface area contributed by atoms with Crippen molar-refractivity contribution in [1.29, 1.82) is 0 Å². The van der Waals surface area contributed by atoms with Crippen LogP contribution in [0.25, 0.3) is 27.7 Å². The second-order valence-corrected chi connectivity index (χ2v) is 9.65. The number of carbonyl (C=O) groups is 1. The van der Waals surface area contributed by atoms with Crippen molar-refractivity contribution < 1.29 is 13.9 Å². The molecular weight excluding hydrogens is 448 g/mol. The number of carbonyl (C=O) groups excluding carboxylic acids is 1. The van der Waals surface area contributed by atoms with Gasteiger partial charge in [-0.25, -0.2) is 0 Å². The van der Waals surface area contributed by atoms with Crippen molar-refractivity contribution in [2.45, 2.75) is 67.3 Å². The largest absolute Gasteiger partial charge is 0.493 e. The third-order valence-corrected chi connectivity index (χ3v) is 6.81. The van der Waals surface area contributed by atoms with E-state index >= 15 is 0 Å². The highest BCUT2D eigenvalue weighted by Gasteiger charge is 2.17. The maximum atomic E-state index is 12.8. The van der Waals surface area contributed by atoms with Gasteiger partial charge in [-0.15, -0.1) is 0 Å². The van der Waals surface area contributed by atoms with E-state index in [1.807, 2.05) is 26.2 Å². The molecule has 0 aliphatic rings. The monoisotopic (exact) mass is 490 g/mol. The molecule has 5 heteroatoms. The topological polar surface area (TPSA) is 54.7 Å². The van der Waals surface area contributed by atoms with Gasteiger partial charge in [0.05, 0.1) is 12.9 Å². The summed E-state index contributed by atoms with van der Waals surface area (Å²) < 4.78 is 11.9. The predicted molar refractivity (Wildman–Crippen MR) is 151 cm³/mol. The van der Waals surface area contributed by atoms with Crippen LogP contribution < -0.4 is 10.1 Å². The molecule has 36 heavy (non-hydrogen) atoms. The van der Waals surface area contributed by atoms with Crippen LogP contribution >= 0.6 is 0 Å². The van der Waals surface area contributed by atoms with Crippen LogP contribution in [0.15, 0.2) is 47.1 Å². The molecule has 0 aliphatic heterocycles. The second kappa shape index (κ2) is 12.8. The number of aryl methyl sites for hydroxylation is 2. The number of fused-ring (bicyclic) bond motifs is 1. The Morgan fingerprint density at radius 3 is 2.53 bits per heavy atom. The van der Waals surface area contributed by atoms with Gasteiger partial charge in [0, 0.05) is 34.7 Å². The predicted octanol–water partition coefficient (Wildman–Crippen LogP) is 7.15. The van der Waals surface area contributed by atoms with Crippen molar-refractivity contribution in [2.75, 3.05) is 26.2 Å². The molecule has 1 aromatic heterocycles. The first-order chi connectivity index (χ1) is 17.3. The molecule has 0 radical (unpaired) electrons. The van der Waals surface area contributed by atoms with Crippen molar-refractivity contribution in [3.63, 3.8) is 0 Å². The minimum Gasteiger partial charge on any atom is -0.493 e. The SMILES string of the molecule is CCOc1cc2occ(-c3ccc(C)cc3C)c2cc1/C(C)=C/C(=O)NC(C)CCCN(CC)CC. The highest BCUT2D eigenvalue weighted by atomic mass is 16.5. The lowest BCUT2D eigenvalue weighted by atomic mass is 9.96. The third kappa shape index (κ3) is 6.79. The summed E-state index contributed by atoms with van der Waals surface area (Å²) in [5.41, 5.74) is 7.17. The Morgan fingerprint density at radius 2 is 1.86 bits per heavy atom. The van der Waals surface area contributed by atoms with Crippen molar-refractivity contribution in [2.24, 2.45) is 0 Å². The average Bonchev–Trinajstić information content (AvgIpc) is 3.24. The Morgan fingerprint density at radius 1 is 1.11 bits per heavy atom. The van der Waals surface area contributed by atoms with Crippen molar-refractivity contribution in [3.8, 4) is 16.9 Å². The van der Waals surface area contributed by atoms with Gasteiger partial charge < -0.3 is 19.4 Å². The van der Waals surface area contributed by atoms with Gasteiger partial charge in [-0.05, 0) is 89.9 Å². The Kier molecular flexibility index (Phi) is 9.77. The first kappa shape index (κ1) is 27.5. The normalized spacial score (nSPS) is 12.8. The minimum absolute atomic E-state index is 0.0767. The number of allylic oxidation sites excluding steroid dienone is 1. The van der Waals surface area contributed by atoms with Crippen LogP contribution in [-0.4, -0.2) is 43.1 Å². The number of nitrogens with zero attached hydrogens (tertiary/aromatic N) is 1. The number of amides is 1. The number of benzene rings is 2. The molecule has 0 fully saturated rings. The number of furan rings is 1. The van der Waals surface area contributed by atoms with Gasteiger partial charge in [-0.3, -0.25) is 4.79 Å². The quantitative estimate of drug-likeness (QED) is 0.274. The maximum absolute atomic E-state index is 12.8. The van der Waals surface area contributed by atoms with Gasteiger partial charge in [0.25, 0.3) is 0 Å². The summed E-state index contributed by atoms with van der Waals surface area (Å²) in [5, 5.41) is 4.14. The van der Waals surface area contributed by atoms with Gasteiger partial charge in [0.2, 0.25) is 5.91 Å². The molecular formula is C31H42N2O3. The average molecular weight is 491 g/mol. The van der Waals surface area contributed by atoms with E-state index in [0.29, 0.717) is 6.61 Å². The van der Waals surface area contributed by atoms with E-state index < -0.39 is 0 Å². The van der Waals surface area contributed by atoms with Crippen molar-refractivity contribution in [3.05, 3.63) is 59.4 Å². The summed E-state index contributed by atoms with van der Waals surface area (Å²) in [6.45, 7) is 18.3. The molecule has 0 spiro atoms. The first-order valence-electron chi connectivity index (χ1n) is 13.2. The lowest BCUT2D eigenvalue weighted by Crippen LogP contribution is -2.32. The lowest BCUT2D eigenvalue weighted by molar-refractivity contribution is -0.117. The van der Waals surface area contributed by atoms with E-state index in [-0.39, 0.29) is 11.9 Å². The van der Waals surface area contributed by atoms with E-state index in [0.717, 1.165) is 71.5 Å². The first-order valence-corrected chi connectivity index (χ1v) is 13.2. The molecule has 5 nitrogen and oxygen atoms in total. The summed E-state index contributed by atoms with van der Waals surface area (Å²) in [6.07, 6.45) is 5.52. The minimum atomic E-state index is -0.0767. The van der Waals surface area contributed by atoms with Crippen LogP contribution in [0.5, 0.6) is 5.75 Å². The van der Waals surface area contributed by atoms with E-state index in [9.17, 15) is 4.79 Å². The standard InChI is InChI=1S/C31H42N2O3/c1-8-33(9-2)15-11-12-24(7)32-31(34)17-23(6)26-18-27-28(25-14-13-21(4)16-22(25)5)20-36-30(27)19-29(26)35-10-3/h13-14,16-20,24H,8-12,15H2,1-7H3,(H,32,34)/b23-17+. The smallest absolute Gasteiger partial charge is 0.244 e. The molecule has 1 atom stereocenters. The summed E-state index contributed by atoms with van der Waals surface area (Å²) in [5.74, 6) is 0.646. The Labute approximate surface area is 216 Å². The zero-order valence-electron chi connectivity index (χ0n) is 23.0. The summed E-state index contributed by atoms with van der Waals surface area (Å²) in [7, 11) is 0. The van der Waals surface area contributed by atoms with E-state index in [1.165, 1.54) is 11.1 Å². The van der Waals surface area contributed by atoms with Crippen molar-refractivity contribution in [1.82, 2.24) is 10.2 Å². The van der Waals surface area contributed by atoms with Gasteiger partial charge in [-0.2, -0.15) is 0 Å². The maximum Gasteiger partial charge on any atom is 0.244 e. The molecule has 2 aromatic carbocycles. The molecule has 1 unspecified atom stereocenters. The molecule has 0 saturated carbocycles. The molecule has 3 rings (SSSR count). The Balaban J connectivity index is 1.84. The molecule has 0 aliphatic carbocycles. The second-order valence-electron chi connectivity index (χ2n) is 9.65. The van der Waals surface area contributed by atoms with E-state index in [2.05, 4.69) is 69.1 Å². The van der Waals surface area contributed by atoms with Crippen molar-refractivity contribution >= 4 is 22.4 Å². The zero-order valence-corrected chi connectivity index (χ0v) is 23.0. The number of hydrogen-bond acceptors (Lipinski definition) is 4. The van der Waals surface area contributed by atoms with E-state index in [4.69, 9.17) is 9.15 Å². The van der Waals surface area contributed by atoms with Crippen LogP contribution in [0.1, 0.15) is 64.2 Å². The molecule has 1 amide bonds. The van der Waals surface area contributed by atoms with Crippen LogP contribution in [0.4, 0.5) is 0 Å². The van der Waals surface area contributed by atoms with Gasteiger partial charge in [0.15, 0.2) is 0 Å². The summed E-state index contributed by atoms with van der Waals surface area (Å²) in [6, 6.07) is 10.6. The zero-order chi connectivity index (χ0) is 26.2. The molecule has 1 N–H and O–H groups in total. The fourth-order valence-electron chi connectivity index (χ4n) is 4.75. The Bertz CT molecular complexity index is 1200. The number of rotatable bonds is 12. The highest BCUT2D eigenvalue weighted by molar-refractivity contribution is 6.00. The number of ether oxygens (including phenoxy) is 1. The summed E-state index contributed by atoms with van der Waals surface area (Å²) >= 11 is 0. The van der Waals surface area contributed by atoms with E-state index in [1.54, 1.807) is 6.08 Å². The van der Waals surface area contributed by atoms with Crippen LogP contribution in [-0.2, 0) is 4.79 Å². The molecule has 194 valence electrons. The third-order valence-electron chi connectivity index (χ3n) is 6.81. The molecule has 3 aromatic rings. The van der Waals surface area contributed by atoms with Gasteiger partial charge in [0.1, 0.15) is 11.3 Å². The Hall–Kier alpha value is -3.05. The molecule has 0 saturated heterocycles. The fourth-order valence-corrected chi connectivity index (χ4v) is 4.75.